The van der Waals surface area contributed by atoms with Crippen LogP contribution in [0, 0.1) is 17.0 Å². The van der Waals surface area contributed by atoms with Crippen molar-refractivity contribution in [2.45, 2.75) is 13.5 Å². The molecule has 25 heavy (non-hydrogen) atoms. The highest BCUT2D eigenvalue weighted by molar-refractivity contribution is 6.33. The Kier molecular flexibility index (Phi) is 4.72. The van der Waals surface area contributed by atoms with E-state index in [1.165, 1.54) is 18.2 Å². The van der Waals surface area contributed by atoms with Crippen LogP contribution in [0.1, 0.15) is 16.1 Å². The molecule has 0 radical (unpaired) electrons. The number of nitrogens with one attached hydrogen (secondary N) is 1. The Morgan fingerprint density at radius 1 is 1.24 bits per heavy atom. The van der Waals surface area contributed by atoms with Gasteiger partial charge in [0, 0.05) is 36.4 Å². The standard InChI is InChI=1S/C18H16ClN3O3/c1-12-10-13-4-2-3-5-17(13)21(12)9-8-20-18(23)15-11-14(22(24)25)6-7-16(15)19/h2-7,10-11H,8-9H2,1H3,(H,20,23). The second kappa shape index (κ2) is 6.94. The number of amides is 1. The largest absolute Gasteiger partial charge is 0.350 e. The van der Waals surface area contributed by atoms with Crippen LogP contribution in [0.15, 0.2) is 48.5 Å². The summed E-state index contributed by atoms with van der Waals surface area (Å²) in [4.78, 5) is 22.6. The number of hydrogen-bond donors (Lipinski definition) is 1. The Morgan fingerprint density at radius 3 is 2.76 bits per heavy atom. The fourth-order valence-electron chi connectivity index (χ4n) is 2.82. The average Bonchev–Trinajstić information content (AvgIpc) is 2.90. The summed E-state index contributed by atoms with van der Waals surface area (Å²) in [6.07, 6.45) is 0. The number of non-ortho nitro benzene ring substituents is 1. The highest BCUT2D eigenvalue weighted by Crippen LogP contribution is 2.22. The first-order valence-electron chi connectivity index (χ1n) is 7.74. The van der Waals surface area contributed by atoms with Crippen LogP contribution in [-0.4, -0.2) is 21.9 Å². The van der Waals surface area contributed by atoms with Crippen LogP contribution < -0.4 is 5.32 Å². The quantitative estimate of drug-likeness (QED) is 0.555. The normalized spacial score (nSPS) is 10.8. The van der Waals surface area contributed by atoms with Gasteiger partial charge in [-0.25, -0.2) is 0 Å². The highest BCUT2D eigenvalue weighted by Gasteiger charge is 2.15. The number of para-hydroxylation sites is 1. The summed E-state index contributed by atoms with van der Waals surface area (Å²) in [6.45, 7) is 2.99. The van der Waals surface area contributed by atoms with Gasteiger partial charge in [0.15, 0.2) is 0 Å². The second-order valence-corrected chi connectivity index (χ2v) is 6.08. The van der Waals surface area contributed by atoms with Crippen LogP contribution in [-0.2, 0) is 6.54 Å². The molecule has 3 rings (SSSR count). The zero-order valence-corrected chi connectivity index (χ0v) is 14.3. The van der Waals surface area contributed by atoms with Gasteiger partial charge < -0.3 is 9.88 Å². The summed E-state index contributed by atoms with van der Waals surface area (Å²) in [5.41, 5.74) is 2.14. The number of hydrogen-bond acceptors (Lipinski definition) is 3. The van der Waals surface area contributed by atoms with E-state index in [0.717, 1.165) is 16.6 Å². The van der Waals surface area contributed by atoms with Crippen LogP contribution in [0.3, 0.4) is 0 Å². The lowest BCUT2D eigenvalue weighted by Gasteiger charge is -2.10. The van der Waals surface area contributed by atoms with E-state index in [1.807, 2.05) is 31.2 Å². The van der Waals surface area contributed by atoms with E-state index in [9.17, 15) is 14.9 Å². The number of halogens is 1. The van der Waals surface area contributed by atoms with Crippen LogP contribution in [0.5, 0.6) is 0 Å². The molecule has 0 aliphatic carbocycles. The number of fused-ring (bicyclic) bond motifs is 1. The molecule has 0 aliphatic heterocycles. The van der Waals surface area contributed by atoms with Gasteiger partial charge in [-0.05, 0) is 30.5 Å². The summed E-state index contributed by atoms with van der Waals surface area (Å²) >= 11 is 5.99. The van der Waals surface area contributed by atoms with Crippen LogP contribution in [0.2, 0.25) is 5.02 Å². The summed E-state index contributed by atoms with van der Waals surface area (Å²) < 4.78 is 2.12. The first-order valence-corrected chi connectivity index (χ1v) is 8.12. The third-order valence-corrected chi connectivity index (χ3v) is 4.37. The molecular weight excluding hydrogens is 342 g/mol. The molecule has 1 N–H and O–H groups in total. The average molecular weight is 358 g/mol. The summed E-state index contributed by atoms with van der Waals surface area (Å²) in [7, 11) is 0. The van der Waals surface area contributed by atoms with Gasteiger partial charge in [0.25, 0.3) is 11.6 Å². The summed E-state index contributed by atoms with van der Waals surface area (Å²) in [5, 5.41) is 14.9. The van der Waals surface area contributed by atoms with E-state index in [0.29, 0.717) is 13.1 Å². The third kappa shape index (κ3) is 3.49. The van der Waals surface area contributed by atoms with Crippen molar-refractivity contribution >= 4 is 34.1 Å². The lowest BCUT2D eigenvalue weighted by molar-refractivity contribution is -0.384. The Labute approximate surface area is 149 Å². The number of aryl methyl sites for hydroxylation is 1. The number of carbonyl (C=O) groups is 1. The highest BCUT2D eigenvalue weighted by atomic mass is 35.5. The maximum atomic E-state index is 12.3. The molecule has 0 saturated carbocycles. The van der Waals surface area contributed by atoms with Gasteiger partial charge >= 0.3 is 0 Å². The predicted molar refractivity (Wildman–Crippen MR) is 97.1 cm³/mol. The van der Waals surface area contributed by atoms with Crippen molar-refractivity contribution in [2.24, 2.45) is 0 Å². The van der Waals surface area contributed by atoms with Gasteiger partial charge in [-0.1, -0.05) is 29.8 Å². The van der Waals surface area contributed by atoms with E-state index in [-0.39, 0.29) is 16.3 Å². The van der Waals surface area contributed by atoms with Gasteiger partial charge in [0.05, 0.1) is 15.5 Å². The number of nitro groups is 1. The Hall–Kier alpha value is -2.86. The first kappa shape index (κ1) is 17.0. The number of rotatable bonds is 5. The first-order chi connectivity index (χ1) is 12.0. The van der Waals surface area contributed by atoms with Gasteiger partial charge in [-0.2, -0.15) is 0 Å². The van der Waals surface area contributed by atoms with E-state index in [4.69, 9.17) is 11.6 Å². The van der Waals surface area contributed by atoms with Crippen molar-refractivity contribution in [3.8, 4) is 0 Å². The zero-order valence-electron chi connectivity index (χ0n) is 13.5. The Balaban J connectivity index is 1.72. The van der Waals surface area contributed by atoms with Crippen LogP contribution in [0.4, 0.5) is 5.69 Å². The Bertz CT molecular complexity index is 965. The van der Waals surface area contributed by atoms with E-state index >= 15 is 0 Å². The predicted octanol–water partition coefficient (Wildman–Crippen LogP) is 3.94. The fourth-order valence-corrected chi connectivity index (χ4v) is 3.03. The van der Waals surface area contributed by atoms with Gasteiger partial charge in [-0.15, -0.1) is 0 Å². The Morgan fingerprint density at radius 2 is 2.00 bits per heavy atom. The zero-order chi connectivity index (χ0) is 18.0. The second-order valence-electron chi connectivity index (χ2n) is 5.67. The lowest BCUT2D eigenvalue weighted by Crippen LogP contribution is -2.27. The molecule has 0 spiro atoms. The molecule has 2 aromatic carbocycles. The van der Waals surface area contributed by atoms with Crippen LogP contribution in [0.25, 0.3) is 10.9 Å². The van der Waals surface area contributed by atoms with Crippen molar-refractivity contribution in [3.63, 3.8) is 0 Å². The molecule has 6 nitrogen and oxygen atoms in total. The molecule has 0 atom stereocenters. The van der Waals surface area contributed by atoms with Crippen LogP contribution >= 0.6 is 11.6 Å². The fraction of sp³-hybridized carbons (Fsp3) is 0.167. The van der Waals surface area contributed by atoms with Gasteiger partial charge in [0.1, 0.15) is 0 Å². The third-order valence-electron chi connectivity index (χ3n) is 4.04. The molecular formula is C18H16ClN3O3. The minimum Gasteiger partial charge on any atom is -0.350 e. The number of benzene rings is 2. The molecule has 128 valence electrons. The SMILES string of the molecule is Cc1cc2ccccc2n1CCNC(=O)c1cc([N+](=O)[O-])ccc1Cl. The molecule has 0 fully saturated rings. The van der Waals surface area contributed by atoms with Crippen molar-refractivity contribution in [3.05, 3.63) is 74.9 Å². The lowest BCUT2D eigenvalue weighted by atomic mass is 10.2. The molecule has 3 aromatic rings. The molecule has 1 amide bonds. The minimum absolute atomic E-state index is 0.102. The van der Waals surface area contributed by atoms with E-state index in [1.54, 1.807) is 0 Å². The summed E-state index contributed by atoms with van der Waals surface area (Å²) in [6, 6.07) is 13.9. The number of carbonyl (C=O) groups excluding carboxylic acids is 1. The van der Waals surface area contributed by atoms with Gasteiger partial charge in [0.2, 0.25) is 0 Å². The monoisotopic (exact) mass is 357 g/mol. The van der Waals surface area contributed by atoms with Crippen molar-refractivity contribution < 1.29 is 9.72 Å². The smallest absolute Gasteiger partial charge is 0.270 e. The number of nitrogens with zero attached hydrogens (tertiary/aromatic N) is 2. The maximum Gasteiger partial charge on any atom is 0.270 e. The maximum absolute atomic E-state index is 12.3. The molecule has 0 saturated heterocycles. The minimum atomic E-state index is -0.553. The number of nitro benzene ring substituents is 1. The van der Waals surface area contributed by atoms with Crippen molar-refractivity contribution in [2.75, 3.05) is 6.54 Å². The van der Waals surface area contributed by atoms with Crippen molar-refractivity contribution in [1.29, 1.82) is 0 Å². The summed E-state index contributed by atoms with van der Waals surface area (Å²) in [5.74, 6) is -0.428. The molecule has 0 aliphatic rings. The molecule has 7 heteroatoms. The van der Waals surface area contributed by atoms with E-state index in [2.05, 4.69) is 16.0 Å². The molecule has 1 aromatic heterocycles. The van der Waals surface area contributed by atoms with E-state index < -0.39 is 10.8 Å². The van der Waals surface area contributed by atoms with Crippen molar-refractivity contribution in [1.82, 2.24) is 9.88 Å². The molecule has 1 heterocycles. The molecule has 0 bridgehead atoms. The number of aromatic nitrogens is 1. The molecule has 0 unspecified atom stereocenters. The van der Waals surface area contributed by atoms with Gasteiger partial charge in [-0.3, -0.25) is 14.9 Å². The topological polar surface area (TPSA) is 77.2 Å².